The molecule has 1 aliphatic heterocycles. The molecule has 6 heteroatoms. The van der Waals surface area contributed by atoms with Crippen LogP contribution in [0.4, 0.5) is 11.5 Å². The van der Waals surface area contributed by atoms with Gasteiger partial charge in [0.2, 0.25) is 5.28 Å². The number of anilines is 2. The lowest BCUT2D eigenvalue weighted by Gasteiger charge is -2.38. The van der Waals surface area contributed by atoms with Crippen LogP contribution in [0.3, 0.4) is 0 Å². The quantitative estimate of drug-likeness (QED) is 0.753. The molecule has 1 fully saturated rings. The summed E-state index contributed by atoms with van der Waals surface area (Å²) in [6, 6.07) is 0.240. The minimum atomic E-state index is 0.171. The molecule has 0 aliphatic carbocycles. The summed E-state index contributed by atoms with van der Waals surface area (Å²) in [5.41, 5.74) is 6.41. The Labute approximate surface area is 99.6 Å². The molecule has 0 aromatic carbocycles. The standard InChI is InChI=1S/C10H15ClN4O/c1-6-5-16-7(2)4-15(6)9-8(12)3-13-10(11)14-9/h3,6-7H,4-5,12H2,1-2H3. The van der Waals surface area contributed by atoms with Gasteiger partial charge in [-0.05, 0) is 25.4 Å². The van der Waals surface area contributed by atoms with Crippen molar-refractivity contribution >= 4 is 23.1 Å². The maximum absolute atomic E-state index is 5.86. The molecule has 1 aromatic rings. The number of hydrogen-bond donors (Lipinski definition) is 1. The largest absolute Gasteiger partial charge is 0.394 e. The van der Waals surface area contributed by atoms with E-state index in [4.69, 9.17) is 22.1 Å². The average molecular weight is 243 g/mol. The molecule has 0 bridgehead atoms. The Hall–Kier alpha value is -1.07. The van der Waals surface area contributed by atoms with Crippen molar-refractivity contribution in [2.24, 2.45) is 0 Å². The van der Waals surface area contributed by atoms with Crippen LogP contribution in [0.1, 0.15) is 13.8 Å². The van der Waals surface area contributed by atoms with Gasteiger partial charge in [-0.1, -0.05) is 0 Å². The van der Waals surface area contributed by atoms with E-state index in [2.05, 4.69) is 21.8 Å². The average Bonchev–Trinajstić information content (AvgIpc) is 2.25. The number of nitrogens with zero attached hydrogens (tertiary/aromatic N) is 3. The molecular formula is C10H15ClN4O. The highest BCUT2D eigenvalue weighted by molar-refractivity contribution is 6.28. The van der Waals surface area contributed by atoms with Crippen LogP contribution in [-0.4, -0.2) is 35.3 Å². The molecule has 2 atom stereocenters. The molecule has 16 heavy (non-hydrogen) atoms. The van der Waals surface area contributed by atoms with Gasteiger partial charge in [0.1, 0.15) is 0 Å². The van der Waals surface area contributed by atoms with Crippen molar-refractivity contribution in [3.05, 3.63) is 11.5 Å². The maximum Gasteiger partial charge on any atom is 0.224 e. The van der Waals surface area contributed by atoms with Gasteiger partial charge in [-0.25, -0.2) is 4.98 Å². The first-order valence-corrected chi connectivity index (χ1v) is 5.62. The topological polar surface area (TPSA) is 64.3 Å². The zero-order valence-corrected chi connectivity index (χ0v) is 10.1. The Morgan fingerprint density at radius 3 is 3.06 bits per heavy atom. The van der Waals surface area contributed by atoms with E-state index in [0.717, 1.165) is 6.54 Å². The van der Waals surface area contributed by atoms with Crippen LogP contribution in [0.25, 0.3) is 0 Å². The monoisotopic (exact) mass is 242 g/mol. The Bertz CT molecular complexity index is 387. The van der Waals surface area contributed by atoms with E-state index in [9.17, 15) is 0 Å². The van der Waals surface area contributed by atoms with Crippen LogP contribution in [0.2, 0.25) is 5.28 Å². The van der Waals surface area contributed by atoms with Crippen molar-refractivity contribution in [1.29, 1.82) is 0 Å². The summed E-state index contributed by atoms with van der Waals surface area (Å²) in [6.07, 6.45) is 1.71. The fourth-order valence-electron chi connectivity index (χ4n) is 1.79. The van der Waals surface area contributed by atoms with Crippen molar-refractivity contribution in [2.45, 2.75) is 26.0 Å². The summed E-state index contributed by atoms with van der Waals surface area (Å²) in [4.78, 5) is 10.1. The smallest absolute Gasteiger partial charge is 0.224 e. The van der Waals surface area contributed by atoms with E-state index in [0.29, 0.717) is 18.1 Å². The zero-order valence-electron chi connectivity index (χ0n) is 9.35. The van der Waals surface area contributed by atoms with Crippen molar-refractivity contribution in [3.63, 3.8) is 0 Å². The van der Waals surface area contributed by atoms with Gasteiger partial charge in [0.25, 0.3) is 0 Å². The van der Waals surface area contributed by atoms with Gasteiger partial charge < -0.3 is 15.4 Å². The second-order valence-corrected chi connectivity index (χ2v) is 4.40. The van der Waals surface area contributed by atoms with Gasteiger partial charge in [0.05, 0.1) is 30.6 Å². The first-order chi connectivity index (χ1) is 7.58. The van der Waals surface area contributed by atoms with Crippen LogP contribution in [0.5, 0.6) is 0 Å². The van der Waals surface area contributed by atoms with Gasteiger partial charge in [0, 0.05) is 6.54 Å². The number of nitrogen functional groups attached to an aromatic ring is 1. The summed E-state index contributed by atoms with van der Waals surface area (Å²) in [7, 11) is 0. The van der Waals surface area contributed by atoms with Crippen LogP contribution >= 0.6 is 11.6 Å². The van der Waals surface area contributed by atoms with Gasteiger partial charge in [-0.3, -0.25) is 0 Å². The molecule has 1 aromatic heterocycles. The van der Waals surface area contributed by atoms with Crippen LogP contribution in [0.15, 0.2) is 6.20 Å². The third kappa shape index (κ3) is 2.20. The van der Waals surface area contributed by atoms with E-state index < -0.39 is 0 Å². The molecule has 0 amide bonds. The van der Waals surface area contributed by atoms with Gasteiger partial charge in [-0.2, -0.15) is 4.98 Å². The predicted molar refractivity (Wildman–Crippen MR) is 63.7 cm³/mol. The third-order valence-electron chi connectivity index (χ3n) is 2.65. The lowest BCUT2D eigenvalue weighted by atomic mass is 10.2. The molecule has 88 valence electrons. The highest BCUT2D eigenvalue weighted by atomic mass is 35.5. The summed E-state index contributed by atoms with van der Waals surface area (Å²) in [5.74, 6) is 0.697. The van der Waals surface area contributed by atoms with Gasteiger partial charge >= 0.3 is 0 Å². The fraction of sp³-hybridized carbons (Fsp3) is 0.600. The number of morpholine rings is 1. The third-order valence-corrected chi connectivity index (χ3v) is 2.83. The Balaban J connectivity index is 2.30. The number of rotatable bonds is 1. The summed E-state index contributed by atoms with van der Waals surface area (Å²) in [6.45, 7) is 5.53. The molecule has 1 saturated heterocycles. The molecule has 5 nitrogen and oxygen atoms in total. The Morgan fingerprint density at radius 2 is 2.31 bits per heavy atom. The minimum Gasteiger partial charge on any atom is -0.394 e. The van der Waals surface area contributed by atoms with Crippen LogP contribution in [0, 0.1) is 0 Å². The molecule has 0 saturated carbocycles. The number of halogens is 1. The minimum absolute atomic E-state index is 0.171. The summed E-state index contributed by atoms with van der Waals surface area (Å²) >= 11 is 5.78. The number of hydrogen-bond acceptors (Lipinski definition) is 5. The molecule has 0 radical (unpaired) electrons. The number of nitrogens with two attached hydrogens (primary N) is 1. The first-order valence-electron chi connectivity index (χ1n) is 5.24. The Kier molecular flexibility index (Phi) is 3.16. The maximum atomic E-state index is 5.86. The lowest BCUT2D eigenvalue weighted by Crippen LogP contribution is -2.48. The highest BCUT2D eigenvalue weighted by Gasteiger charge is 2.26. The normalized spacial score (nSPS) is 25.8. The molecular weight excluding hydrogens is 228 g/mol. The molecule has 2 rings (SSSR count). The molecule has 2 unspecified atom stereocenters. The lowest BCUT2D eigenvalue weighted by molar-refractivity contribution is 0.0341. The van der Waals surface area contributed by atoms with Crippen molar-refractivity contribution in [1.82, 2.24) is 9.97 Å². The summed E-state index contributed by atoms with van der Waals surface area (Å²) < 4.78 is 5.55. The predicted octanol–water partition coefficient (Wildman–Crippen LogP) is 1.33. The molecule has 0 spiro atoms. The van der Waals surface area contributed by atoms with Crippen molar-refractivity contribution < 1.29 is 4.74 Å². The van der Waals surface area contributed by atoms with E-state index in [1.54, 1.807) is 0 Å². The molecule has 1 aliphatic rings. The molecule has 2 heterocycles. The van der Waals surface area contributed by atoms with Gasteiger partial charge in [0.15, 0.2) is 5.82 Å². The highest BCUT2D eigenvalue weighted by Crippen LogP contribution is 2.25. The van der Waals surface area contributed by atoms with Gasteiger partial charge in [-0.15, -0.1) is 0 Å². The zero-order chi connectivity index (χ0) is 11.7. The van der Waals surface area contributed by atoms with Crippen LogP contribution < -0.4 is 10.6 Å². The number of aromatic nitrogens is 2. The van der Waals surface area contributed by atoms with Crippen LogP contribution in [-0.2, 0) is 4.74 Å². The van der Waals surface area contributed by atoms with Crippen molar-refractivity contribution in [3.8, 4) is 0 Å². The molecule has 2 N–H and O–H groups in total. The second kappa shape index (κ2) is 4.43. The van der Waals surface area contributed by atoms with E-state index in [1.165, 1.54) is 6.20 Å². The van der Waals surface area contributed by atoms with E-state index in [1.807, 2.05) is 6.92 Å². The second-order valence-electron chi connectivity index (χ2n) is 4.06. The van der Waals surface area contributed by atoms with Crippen molar-refractivity contribution in [2.75, 3.05) is 23.8 Å². The number of ether oxygens (including phenoxy) is 1. The van der Waals surface area contributed by atoms with E-state index in [-0.39, 0.29) is 17.4 Å². The van der Waals surface area contributed by atoms with E-state index >= 15 is 0 Å². The first kappa shape index (κ1) is 11.4. The Morgan fingerprint density at radius 1 is 1.56 bits per heavy atom. The fourth-order valence-corrected chi connectivity index (χ4v) is 1.92. The SMILES string of the molecule is CC1CN(c2nc(Cl)ncc2N)C(C)CO1. The summed E-state index contributed by atoms with van der Waals surface area (Å²) in [5, 5.41) is 0.218.